The zero-order valence-electron chi connectivity index (χ0n) is 9.82. The van der Waals surface area contributed by atoms with Crippen molar-refractivity contribution in [2.45, 2.75) is 6.42 Å². The van der Waals surface area contributed by atoms with E-state index in [2.05, 4.69) is 11.9 Å². The van der Waals surface area contributed by atoms with Crippen molar-refractivity contribution in [2.75, 3.05) is 25.5 Å². The van der Waals surface area contributed by atoms with Gasteiger partial charge in [-0.25, -0.2) is 0 Å². The predicted molar refractivity (Wildman–Crippen MR) is 68.8 cm³/mol. The van der Waals surface area contributed by atoms with Crippen LogP contribution in [-0.2, 0) is 4.74 Å². The number of hydrogen-bond donors (Lipinski definition) is 2. The van der Waals surface area contributed by atoms with Crippen molar-refractivity contribution in [2.24, 2.45) is 0 Å². The fraction of sp³-hybridized carbons (Fsp3) is 0.308. The van der Waals surface area contributed by atoms with Crippen LogP contribution in [0.3, 0.4) is 0 Å². The number of amides is 1. The minimum atomic E-state index is -0.171. The van der Waals surface area contributed by atoms with Crippen LogP contribution in [0.15, 0.2) is 36.9 Å². The average Bonchev–Trinajstić information content (AvgIpc) is 2.34. The highest BCUT2D eigenvalue weighted by Gasteiger charge is 2.07. The molecule has 1 aromatic rings. The van der Waals surface area contributed by atoms with Crippen LogP contribution < -0.4 is 11.1 Å². The van der Waals surface area contributed by atoms with E-state index in [1.54, 1.807) is 30.3 Å². The Hall–Kier alpha value is -1.81. The molecule has 3 N–H and O–H groups in total. The Morgan fingerprint density at radius 1 is 1.41 bits per heavy atom. The van der Waals surface area contributed by atoms with Crippen molar-refractivity contribution in [3.63, 3.8) is 0 Å². The first-order valence-corrected chi connectivity index (χ1v) is 5.57. The summed E-state index contributed by atoms with van der Waals surface area (Å²) in [4.78, 5) is 11.7. The molecular formula is C13H18N2O2. The standard InChI is InChI=1S/C13H18N2O2/c1-2-3-9-17-10-8-15-13(16)11-6-4-5-7-12(11)14/h2,4-7H,1,3,8-10,14H2,(H,15,16). The Morgan fingerprint density at radius 3 is 2.88 bits per heavy atom. The quantitative estimate of drug-likeness (QED) is 0.428. The average molecular weight is 234 g/mol. The first-order chi connectivity index (χ1) is 8.25. The van der Waals surface area contributed by atoms with Gasteiger partial charge in [-0.1, -0.05) is 18.2 Å². The molecule has 0 saturated carbocycles. The van der Waals surface area contributed by atoms with Gasteiger partial charge in [0.25, 0.3) is 5.91 Å². The molecule has 0 radical (unpaired) electrons. The van der Waals surface area contributed by atoms with Crippen LogP contribution >= 0.6 is 0 Å². The molecule has 0 aliphatic rings. The highest BCUT2D eigenvalue weighted by molar-refractivity contribution is 5.98. The maximum atomic E-state index is 11.7. The van der Waals surface area contributed by atoms with Crippen molar-refractivity contribution >= 4 is 11.6 Å². The lowest BCUT2D eigenvalue weighted by atomic mass is 10.2. The van der Waals surface area contributed by atoms with E-state index >= 15 is 0 Å². The van der Waals surface area contributed by atoms with Crippen molar-refractivity contribution in [1.29, 1.82) is 0 Å². The Bertz CT molecular complexity index is 377. The number of carbonyl (C=O) groups excluding carboxylic acids is 1. The fourth-order valence-electron chi connectivity index (χ4n) is 1.30. The summed E-state index contributed by atoms with van der Waals surface area (Å²) in [6, 6.07) is 6.98. The fourth-order valence-corrected chi connectivity index (χ4v) is 1.30. The van der Waals surface area contributed by atoms with Gasteiger partial charge in [-0.3, -0.25) is 4.79 Å². The van der Waals surface area contributed by atoms with Crippen LogP contribution in [0.25, 0.3) is 0 Å². The van der Waals surface area contributed by atoms with E-state index in [0.717, 1.165) is 6.42 Å². The Balaban J connectivity index is 2.26. The number of para-hydroxylation sites is 1. The maximum Gasteiger partial charge on any atom is 0.253 e. The number of anilines is 1. The summed E-state index contributed by atoms with van der Waals surface area (Å²) < 4.78 is 5.27. The second kappa shape index (κ2) is 7.46. The van der Waals surface area contributed by atoms with Gasteiger partial charge in [-0.2, -0.15) is 0 Å². The maximum absolute atomic E-state index is 11.7. The molecule has 4 heteroatoms. The van der Waals surface area contributed by atoms with E-state index in [1.165, 1.54) is 0 Å². The summed E-state index contributed by atoms with van der Waals surface area (Å²) in [5, 5.41) is 2.75. The van der Waals surface area contributed by atoms with Gasteiger partial charge in [0.15, 0.2) is 0 Å². The normalized spacial score (nSPS) is 9.88. The molecule has 0 aliphatic heterocycles. The second-order valence-corrected chi connectivity index (χ2v) is 3.53. The topological polar surface area (TPSA) is 64.3 Å². The van der Waals surface area contributed by atoms with Gasteiger partial charge in [-0.05, 0) is 18.6 Å². The molecular weight excluding hydrogens is 216 g/mol. The van der Waals surface area contributed by atoms with Crippen LogP contribution in [-0.4, -0.2) is 25.7 Å². The molecule has 0 aliphatic carbocycles. The lowest BCUT2D eigenvalue weighted by Gasteiger charge is -2.07. The Morgan fingerprint density at radius 2 is 2.18 bits per heavy atom. The third-order valence-corrected chi connectivity index (χ3v) is 2.20. The van der Waals surface area contributed by atoms with Crippen LogP contribution in [0.4, 0.5) is 5.69 Å². The molecule has 0 fully saturated rings. The molecule has 0 spiro atoms. The Labute approximate surface area is 101 Å². The molecule has 1 rings (SSSR count). The summed E-state index contributed by atoms with van der Waals surface area (Å²) in [6.45, 7) is 5.19. The summed E-state index contributed by atoms with van der Waals surface area (Å²) in [6.07, 6.45) is 2.61. The van der Waals surface area contributed by atoms with Gasteiger partial charge in [0.1, 0.15) is 0 Å². The van der Waals surface area contributed by atoms with Gasteiger partial charge in [0.05, 0.1) is 18.8 Å². The van der Waals surface area contributed by atoms with Gasteiger partial charge in [0.2, 0.25) is 0 Å². The SMILES string of the molecule is C=CCCOCCNC(=O)c1ccccc1N. The van der Waals surface area contributed by atoms with Crippen LogP contribution in [0.2, 0.25) is 0 Å². The summed E-state index contributed by atoms with van der Waals surface area (Å²) >= 11 is 0. The Kier molecular flexibility index (Phi) is 5.82. The lowest BCUT2D eigenvalue weighted by molar-refractivity contribution is 0.0919. The van der Waals surface area contributed by atoms with Crippen LogP contribution in [0.5, 0.6) is 0 Å². The molecule has 0 bridgehead atoms. The van der Waals surface area contributed by atoms with Gasteiger partial charge >= 0.3 is 0 Å². The van der Waals surface area contributed by atoms with Gasteiger partial charge < -0.3 is 15.8 Å². The zero-order chi connectivity index (χ0) is 12.5. The number of nitrogens with two attached hydrogens (primary N) is 1. The number of hydrogen-bond acceptors (Lipinski definition) is 3. The highest BCUT2D eigenvalue weighted by Crippen LogP contribution is 2.09. The zero-order valence-corrected chi connectivity index (χ0v) is 9.82. The molecule has 17 heavy (non-hydrogen) atoms. The third-order valence-electron chi connectivity index (χ3n) is 2.20. The highest BCUT2D eigenvalue weighted by atomic mass is 16.5. The largest absolute Gasteiger partial charge is 0.398 e. The molecule has 92 valence electrons. The number of rotatable bonds is 7. The number of benzene rings is 1. The molecule has 0 unspecified atom stereocenters. The lowest BCUT2D eigenvalue weighted by Crippen LogP contribution is -2.28. The summed E-state index contributed by atoms with van der Waals surface area (Å²) in [7, 11) is 0. The molecule has 1 aromatic carbocycles. The van der Waals surface area contributed by atoms with Gasteiger partial charge in [-0.15, -0.1) is 6.58 Å². The smallest absolute Gasteiger partial charge is 0.253 e. The summed E-state index contributed by atoms with van der Waals surface area (Å²) in [5.74, 6) is -0.171. The minimum absolute atomic E-state index is 0.171. The minimum Gasteiger partial charge on any atom is -0.398 e. The number of nitrogens with one attached hydrogen (secondary N) is 1. The predicted octanol–water partition coefficient (Wildman–Crippen LogP) is 1.59. The first kappa shape index (κ1) is 13.3. The van der Waals surface area contributed by atoms with Crippen LogP contribution in [0, 0.1) is 0 Å². The van der Waals surface area contributed by atoms with Crippen LogP contribution in [0.1, 0.15) is 16.8 Å². The van der Waals surface area contributed by atoms with Crippen molar-refractivity contribution in [3.8, 4) is 0 Å². The molecule has 0 atom stereocenters. The third kappa shape index (κ3) is 4.70. The van der Waals surface area contributed by atoms with Crippen molar-refractivity contribution in [3.05, 3.63) is 42.5 Å². The number of carbonyl (C=O) groups is 1. The molecule has 0 aromatic heterocycles. The molecule has 0 heterocycles. The molecule has 1 amide bonds. The number of ether oxygens (including phenoxy) is 1. The molecule has 4 nitrogen and oxygen atoms in total. The first-order valence-electron chi connectivity index (χ1n) is 5.57. The molecule has 0 saturated heterocycles. The summed E-state index contributed by atoms with van der Waals surface area (Å²) in [5.41, 5.74) is 6.67. The van der Waals surface area contributed by atoms with Crippen molar-refractivity contribution in [1.82, 2.24) is 5.32 Å². The van der Waals surface area contributed by atoms with E-state index in [-0.39, 0.29) is 5.91 Å². The number of nitrogen functional groups attached to an aromatic ring is 1. The van der Waals surface area contributed by atoms with E-state index in [0.29, 0.717) is 31.0 Å². The monoisotopic (exact) mass is 234 g/mol. The van der Waals surface area contributed by atoms with E-state index in [1.807, 2.05) is 0 Å². The van der Waals surface area contributed by atoms with Crippen molar-refractivity contribution < 1.29 is 9.53 Å². The van der Waals surface area contributed by atoms with E-state index < -0.39 is 0 Å². The second-order valence-electron chi connectivity index (χ2n) is 3.53. The van der Waals surface area contributed by atoms with E-state index in [9.17, 15) is 4.79 Å². The van der Waals surface area contributed by atoms with Gasteiger partial charge in [0, 0.05) is 12.2 Å². The van der Waals surface area contributed by atoms with E-state index in [4.69, 9.17) is 10.5 Å².